The molecule has 15 rings (SSSR count). The second kappa shape index (κ2) is 81.8. The summed E-state index contributed by atoms with van der Waals surface area (Å²) in [5, 5.41) is 0. The third-order valence-corrected chi connectivity index (χ3v) is 28.2. The smallest absolute Gasteiger partial charge is 0.123 e. The van der Waals surface area contributed by atoms with Crippen LogP contribution in [0, 0.1) is 0 Å². The Morgan fingerprint density at radius 1 is 0.111 bits per heavy atom. The van der Waals surface area contributed by atoms with E-state index in [1.54, 1.807) is 0 Å². The second-order valence-electron chi connectivity index (χ2n) is 40.9. The van der Waals surface area contributed by atoms with Crippen molar-refractivity contribution in [2.75, 3.05) is 66.1 Å². The van der Waals surface area contributed by atoms with Crippen LogP contribution in [0.25, 0.3) is 0 Å². The molecule has 770 valence electrons. The minimum Gasteiger partial charge on any atom is -0.493 e. The van der Waals surface area contributed by atoms with E-state index in [9.17, 15) is 0 Å². The van der Waals surface area contributed by atoms with Crippen molar-refractivity contribution in [1.29, 1.82) is 0 Å². The molecule has 0 radical (unpaired) electrons. The number of unbranched alkanes of at least 4 members (excludes halogenated alkanes) is 60. The summed E-state index contributed by atoms with van der Waals surface area (Å²) in [5.41, 5.74) is 11.1. The van der Waals surface area contributed by atoms with E-state index in [-0.39, 0.29) is 0 Å². The van der Waals surface area contributed by atoms with E-state index in [0.29, 0.717) is 98.2 Å². The SMILES string of the molecule is CCCCCCCCCOc1cc2c(OCCCCCCCCC)cc1Cc1cc(OCCCCCCCCC)c(cc1OCCCCCCCCC)Cc1cc(OCCCCCCCCC)c(cc1OCCCCCCCCC)Cc1cc(OCCCCCCCCC)c(cc1OCCCCCCCCC)Cc1cc(OCCCCCCCCC)c(cc1OCCCCCCCCC)C2. The fraction of sp³-hybridized carbons (Fsp3) is 0.760. The van der Waals surface area contributed by atoms with Crippen LogP contribution in [-0.2, 0) is 32.1 Å². The van der Waals surface area contributed by atoms with Crippen molar-refractivity contribution < 1.29 is 47.4 Å². The largest absolute Gasteiger partial charge is 0.493 e. The molecule has 0 saturated carbocycles. The molecule has 0 fully saturated rings. The summed E-state index contributed by atoms with van der Waals surface area (Å²) in [7, 11) is 0. The topological polar surface area (TPSA) is 92.3 Å². The van der Waals surface area contributed by atoms with Gasteiger partial charge < -0.3 is 47.4 Å². The zero-order valence-corrected chi connectivity index (χ0v) is 90.0. The number of ether oxygens (including phenoxy) is 10. The first kappa shape index (κ1) is 118. The van der Waals surface area contributed by atoms with Gasteiger partial charge in [-0.3, -0.25) is 0 Å². The zero-order chi connectivity index (χ0) is 95.8. The van der Waals surface area contributed by atoms with Crippen molar-refractivity contribution in [2.24, 2.45) is 0 Å². The van der Waals surface area contributed by atoms with Crippen LogP contribution in [-0.4, -0.2) is 66.1 Å². The summed E-state index contributed by atoms with van der Waals surface area (Å²) in [6.45, 7) is 29.5. The molecular weight excluding hydrogens is 1660 g/mol. The van der Waals surface area contributed by atoms with Gasteiger partial charge in [0, 0.05) is 87.7 Å². The van der Waals surface area contributed by atoms with Crippen LogP contribution < -0.4 is 47.4 Å². The van der Waals surface area contributed by atoms with E-state index in [0.717, 1.165) is 242 Å². The molecule has 135 heavy (non-hydrogen) atoms. The minimum absolute atomic E-state index is 0.576. The average Bonchev–Trinajstić information content (AvgIpc) is 1.15. The fourth-order valence-electron chi connectivity index (χ4n) is 19.4. The normalized spacial score (nSPS) is 12.1. The van der Waals surface area contributed by atoms with Crippen LogP contribution in [0.1, 0.15) is 574 Å². The second-order valence-corrected chi connectivity index (χ2v) is 40.9. The maximum atomic E-state index is 7.46. The summed E-state index contributed by atoms with van der Waals surface area (Å²) in [5.74, 6) is 9.16. The van der Waals surface area contributed by atoms with E-state index in [1.165, 1.54) is 321 Å². The number of hydrogen-bond acceptors (Lipinski definition) is 10. The highest BCUT2D eigenvalue weighted by Gasteiger charge is 2.26. The van der Waals surface area contributed by atoms with Gasteiger partial charge in [-0.1, -0.05) is 454 Å². The molecule has 0 aliphatic heterocycles. The van der Waals surface area contributed by atoms with Crippen LogP contribution >= 0.6 is 0 Å². The Morgan fingerprint density at radius 2 is 0.185 bits per heavy atom. The fourth-order valence-corrected chi connectivity index (χ4v) is 19.4. The van der Waals surface area contributed by atoms with Crippen molar-refractivity contribution in [2.45, 2.75) is 551 Å². The van der Waals surface area contributed by atoms with Gasteiger partial charge in [0.05, 0.1) is 66.1 Å². The van der Waals surface area contributed by atoms with Crippen LogP contribution in [0.5, 0.6) is 57.5 Å². The summed E-state index contributed by atoms with van der Waals surface area (Å²) in [6, 6.07) is 23.9. The third-order valence-electron chi connectivity index (χ3n) is 28.2. The molecule has 5 aromatic rings. The summed E-state index contributed by atoms with van der Waals surface area (Å²) >= 11 is 0. The molecule has 0 N–H and O–H groups in total. The van der Waals surface area contributed by atoms with Gasteiger partial charge in [-0.15, -0.1) is 0 Å². The summed E-state index contributed by atoms with van der Waals surface area (Å²) in [6.07, 6.45) is 87.5. The van der Waals surface area contributed by atoms with E-state index < -0.39 is 0 Å². The predicted octanol–water partition coefficient (Wildman–Crippen LogP) is 39.2. The monoisotopic (exact) mass is 1870 g/mol. The first-order valence-electron chi connectivity index (χ1n) is 58.8. The highest BCUT2D eigenvalue weighted by Crippen LogP contribution is 2.45. The molecule has 0 amide bonds. The van der Waals surface area contributed by atoms with Gasteiger partial charge in [-0.05, 0) is 125 Å². The van der Waals surface area contributed by atoms with Gasteiger partial charge in [0.15, 0.2) is 0 Å². The first-order valence-corrected chi connectivity index (χ1v) is 58.8. The molecule has 10 aliphatic rings. The zero-order valence-electron chi connectivity index (χ0n) is 90.0. The molecule has 0 saturated heterocycles. The standard InChI is InChI=1S/C125H210O10/c1-11-21-31-41-51-61-71-81-126-116-96-107-92-109-99-121(131-86-76-66-56-46-36-26-16-6)111(101-120(109)130-85-75-65-55-45-35-25-15-5)94-113-103-125(135-90-80-70-60-50-40-30-20-10)115(105-124(113)134-89-79-69-59-49-39-29-19-9)95-114-104-122(132-87-77-67-57-47-37-27-17-7)112(102-123(114)133-88-78-68-58-48-38-28-18-8)93-110-100-118(128-83-73-63-53-43-33-23-13-3)108(98-119(110)129-84-74-64-54-44-34-24-14-4)91-106(116)97-117(107)127-82-72-62-52-42-32-22-12-2/h96-105H,11-95H2,1-10H3. The summed E-state index contributed by atoms with van der Waals surface area (Å²) < 4.78 is 74.6. The highest BCUT2D eigenvalue weighted by atomic mass is 16.5. The van der Waals surface area contributed by atoms with Gasteiger partial charge >= 0.3 is 0 Å². The first-order chi connectivity index (χ1) is 66.7. The van der Waals surface area contributed by atoms with Gasteiger partial charge in [0.1, 0.15) is 57.5 Å². The Bertz CT molecular complexity index is 2860. The highest BCUT2D eigenvalue weighted by molar-refractivity contribution is 5.60. The maximum Gasteiger partial charge on any atom is 0.123 e. The molecule has 10 aliphatic carbocycles. The molecule has 5 aromatic carbocycles. The number of rotatable bonds is 90. The summed E-state index contributed by atoms with van der Waals surface area (Å²) in [4.78, 5) is 0. The van der Waals surface area contributed by atoms with Crippen molar-refractivity contribution in [3.63, 3.8) is 0 Å². The van der Waals surface area contributed by atoms with E-state index in [2.05, 4.69) is 130 Å². The van der Waals surface area contributed by atoms with E-state index in [4.69, 9.17) is 47.4 Å². The lowest BCUT2D eigenvalue weighted by atomic mass is 9.94. The minimum atomic E-state index is 0.576. The van der Waals surface area contributed by atoms with Crippen molar-refractivity contribution >= 4 is 0 Å². The van der Waals surface area contributed by atoms with Gasteiger partial charge in [-0.25, -0.2) is 0 Å². The molecule has 0 atom stereocenters. The molecule has 0 heterocycles. The van der Waals surface area contributed by atoms with Crippen LogP contribution in [0.2, 0.25) is 0 Å². The molecule has 10 bridgehead atoms. The van der Waals surface area contributed by atoms with Crippen LogP contribution in [0.15, 0.2) is 60.7 Å². The van der Waals surface area contributed by atoms with E-state index in [1.807, 2.05) is 0 Å². The molecule has 0 unspecified atom stereocenters. The Hall–Kier alpha value is -5.90. The van der Waals surface area contributed by atoms with Crippen molar-refractivity contribution in [1.82, 2.24) is 0 Å². The van der Waals surface area contributed by atoms with Gasteiger partial charge in [-0.2, -0.15) is 0 Å². The quantitative estimate of drug-likeness (QED) is 0.0344. The maximum absolute atomic E-state index is 7.46. The lowest BCUT2D eigenvalue weighted by molar-refractivity contribution is 0.287. The van der Waals surface area contributed by atoms with Crippen molar-refractivity contribution in [3.8, 4) is 57.5 Å². The molecule has 10 heteroatoms. The third kappa shape index (κ3) is 54.1. The average molecular weight is 1870 g/mol. The Morgan fingerprint density at radius 3 is 0.267 bits per heavy atom. The van der Waals surface area contributed by atoms with E-state index >= 15 is 0 Å². The van der Waals surface area contributed by atoms with Gasteiger partial charge in [0.2, 0.25) is 0 Å². The lowest BCUT2D eigenvalue weighted by Gasteiger charge is -2.22. The van der Waals surface area contributed by atoms with Crippen molar-refractivity contribution in [3.05, 3.63) is 116 Å². The molecular formula is C125H210O10. The molecule has 0 spiro atoms. The van der Waals surface area contributed by atoms with Crippen LogP contribution in [0.4, 0.5) is 0 Å². The van der Waals surface area contributed by atoms with Crippen LogP contribution in [0.3, 0.4) is 0 Å². The number of hydrogen-bond donors (Lipinski definition) is 0. The van der Waals surface area contributed by atoms with Gasteiger partial charge in [0.25, 0.3) is 0 Å². The Balaban J connectivity index is 1.79. The Kier molecular flexibility index (Phi) is 71.3. The molecule has 10 nitrogen and oxygen atoms in total. The Labute approximate surface area is 832 Å². The lowest BCUT2D eigenvalue weighted by Crippen LogP contribution is -2.10. The molecule has 0 aromatic heterocycles. The predicted molar refractivity (Wildman–Crippen MR) is 581 cm³/mol. The number of benzene rings is 5.